The van der Waals surface area contributed by atoms with E-state index < -0.39 is 0 Å². The Morgan fingerprint density at radius 3 is 2.53 bits per heavy atom. The fourth-order valence-electron chi connectivity index (χ4n) is 0.743. The fourth-order valence-corrected chi connectivity index (χ4v) is 1.16. The van der Waals surface area contributed by atoms with Crippen molar-refractivity contribution in [2.45, 2.75) is 17.8 Å². The molecule has 0 saturated carbocycles. The van der Waals surface area contributed by atoms with Crippen molar-refractivity contribution in [3.63, 3.8) is 0 Å². The first kappa shape index (κ1) is 14.9. The Kier molecular flexibility index (Phi) is 7.99. The predicted molar refractivity (Wildman–Crippen MR) is 73.1 cm³/mol. The van der Waals surface area contributed by atoms with E-state index in [0.717, 1.165) is 11.9 Å². The molecular formula is C8H17Br2N5. The SMILES string of the molecule is CN=C(N)N=C(N)C(C)NCC(Br)CBr. The third-order valence-corrected chi connectivity index (χ3v) is 4.03. The van der Waals surface area contributed by atoms with Crippen LogP contribution in [0, 0.1) is 0 Å². The van der Waals surface area contributed by atoms with Crippen molar-refractivity contribution in [1.29, 1.82) is 0 Å². The van der Waals surface area contributed by atoms with E-state index in [-0.39, 0.29) is 12.0 Å². The average molecular weight is 343 g/mol. The van der Waals surface area contributed by atoms with Crippen molar-refractivity contribution in [2.24, 2.45) is 21.5 Å². The van der Waals surface area contributed by atoms with Gasteiger partial charge in [0.25, 0.3) is 0 Å². The zero-order chi connectivity index (χ0) is 11.8. The lowest BCUT2D eigenvalue weighted by atomic mass is 10.3. The number of rotatable bonds is 5. The van der Waals surface area contributed by atoms with Crippen LogP contribution in [-0.4, -0.2) is 41.6 Å². The summed E-state index contributed by atoms with van der Waals surface area (Å²) >= 11 is 6.85. The normalized spacial score (nSPS) is 17.6. The number of alkyl halides is 2. The van der Waals surface area contributed by atoms with Gasteiger partial charge in [-0.2, -0.15) is 4.99 Å². The molecular weight excluding hydrogens is 326 g/mol. The zero-order valence-corrected chi connectivity index (χ0v) is 12.0. The Bertz CT molecular complexity index is 241. The van der Waals surface area contributed by atoms with Gasteiger partial charge < -0.3 is 16.8 Å². The Morgan fingerprint density at radius 2 is 2.07 bits per heavy atom. The standard InChI is InChI=1S/C8H17Br2N5/c1-5(14-4-6(10)3-9)7(11)15-8(12)13-2/h5-6,14H,3-4H2,1-2H3,(H4,11,12,13,15). The molecule has 15 heavy (non-hydrogen) atoms. The van der Waals surface area contributed by atoms with E-state index in [1.807, 2.05) is 6.92 Å². The van der Waals surface area contributed by atoms with Gasteiger partial charge >= 0.3 is 0 Å². The van der Waals surface area contributed by atoms with Crippen molar-refractivity contribution >= 4 is 43.7 Å². The highest BCUT2D eigenvalue weighted by Crippen LogP contribution is 2.01. The molecule has 0 aromatic carbocycles. The highest BCUT2D eigenvalue weighted by atomic mass is 79.9. The molecule has 88 valence electrons. The highest BCUT2D eigenvalue weighted by Gasteiger charge is 2.09. The Hall–Kier alpha value is -0.140. The summed E-state index contributed by atoms with van der Waals surface area (Å²) < 4.78 is 0. The first-order valence-electron chi connectivity index (χ1n) is 4.51. The maximum atomic E-state index is 5.72. The summed E-state index contributed by atoms with van der Waals surface area (Å²) in [6.07, 6.45) is 0. The summed E-state index contributed by atoms with van der Waals surface area (Å²) in [5, 5.41) is 4.10. The van der Waals surface area contributed by atoms with Crippen molar-refractivity contribution in [1.82, 2.24) is 5.32 Å². The summed E-state index contributed by atoms with van der Waals surface area (Å²) in [5.74, 6) is 0.629. The van der Waals surface area contributed by atoms with Crippen LogP contribution in [0.3, 0.4) is 0 Å². The van der Waals surface area contributed by atoms with Crippen molar-refractivity contribution in [2.75, 3.05) is 18.9 Å². The number of guanidine groups is 1. The van der Waals surface area contributed by atoms with Gasteiger partial charge in [0.15, 0.2) is 0 Å². The number of aliphatic imine (C=N–C) groups is 2. The summed E-state index contributed by atoms with van der Waals surface area (Å²) in [6, 6.07) is -0.0237. The Labute approximate surface area is 107 Å². The minimum atomic E-state index is -0.0237. The third-order valence-electron chi connectivity index (χ3n) is 1.73. The molecule has 0 spiro atoms. The first-order valence-corrected chi connectivity index (χ1v) is 6.54. The minimum Gasteiger partial charge on any atom is -0.386 e. The molecule has 5 nitrogen and oxygen atoms in total. The second kappa shape index (κ2) is 8.06. The van der Waals surface area contributed by atoms with E-state index in [4.69, 9.17) is 11.5 Å². The smallest absolute Gasteiger partial charge is 0.216 e. The molecule has 0 saturated heterocycles. The topological polar surface area (TPSA) is 88.8 Å². The lowest BCUT2D eigenvalue weighted by Crippen LogP contribution is -2.42. The van der Waals surface area contributed by atoms with E-state index in [9.17, 15) is 0 Å². The van der Waals surface area contributed by atoms with Crippen LogP contribution < -0.4 is 16.8 Å². The van der Waals surface area contributed by atoms with E-state index in [1.54, 1.807) is 7.05 Å². The average Bonchev–Trinajstić information content (AvgIpc) is 2.24. The van der Waals surface area contributed by atoms with Crippen LogP contribution in [0.4, 0.5) is 0 Å². The van der Waals surface area contributed by atoms with E-state index in [2.05, 4.69) is 47.2 Å². The van der Waals surface area contributed by atoms with Gasteiger partial charge in [-0.3, -0.25) is 4.99 Å². The molecule has 0 aliphatic heterocycles. The molecule has 2 atom stereocenters. The number of nitrogens with one attached hydrogen (secondary N) is 1. The van der Waals surface area contributed by atoms with Crippen LogP contribution in [0.1, 0.15) is 6.92 Å². The molecule has 0 radical (unpaired) electrons. The van der Waals surface area contributed by atoms with E-state index in [0.29, 0.717) is 10.7 Å². The van der Waals surface area contributed by atoms with Crippen LogP contribution in [0.5, 0.6) is 0 Å². The van der Waals surface area contributed by atoms with Gasteiger partial charge in [0.05, 0.1) is 6.04 Å². The van der Waals surface area contributed by atoms with Crippen molar-refractivity contribution in [3.8, 4) is 0 Å². The predicted octanol–water partition coefficient (Wildman–Crippen LogP) is 0.425. The van der Waals surface area contributed by atoms with Gasteiger partial charge in [-0.25, -0.2) is 0 Å². The number of hydrogen-bond donors (Lipinski definition) is 3. The quantitative estimate of drug-likeness (QED) is 0.384. The monoisotopic (exact) mass is 341 g/mol. The molecule has 0 rings (SSSR count). The molecule has 2 unspecified atom stereocenters. The largest absolute Gasteiger partial charge is 0.386 e. The maximum absolute atomic E-state index is 5.72. The van der Waals surface area contributed by atoms with Crippen molar-refractivity contribution < 1.29 is 0 Å². The van der Waals surface area contributed by atoms with Gasteiger partial charge in [0.1, 0.15) is 5.84 Å². The Balaban J connectivity index is 4.10. The molecule has 7 heteroatoms. The molecule has 0 aliphatic rings. The number of amidine groups is 1. The van der Waals surface area contributed by atoms with Gasteiger partial charge in [0, 0.05) is 23.7 Å². The molecule has 0 bridgehead atoms. The second-order valence-corrected chi connectivity index (χ2v) is 4.94. The lowest BCUT2D eigenvalue weighted by molar-refractivity contribution is 0.656. The second-order valence-electron chi connectivity index (χ2n) is 3.00. The summed E-state index contributed by atoms with van der Waals surface area (Å²) in [4.78, 5) is 8.00. The lowest BCUT2D eigenvalue weighted by Gasteiger charge is -2.14. The van der Waals surface area contributed by atoms with Crippen LogP contribution in [0.2, 0.25) is 0 Å². The van der Waals surface area contributed by atoms with Gasteiger partial charge in [-0.05, 0) is 6.92 Å². The highest BCUT2D eigenvalue weighted by molar-refractivity contribution is 9.12. The fraction of sp³-hybridized carbons (Fsp3) is 0.750. The summed E-state index contributed by atoms with van der Waals surface area (Å²) in [7, 11) is 1.57. The zero-order valence-electron chi connectivity index (χ0n) is 8.87. The van der Waals surface area contributed by atoms with Crippen LogP contribution >= 0.6 is 31.9 Å². The number of hydrogen-bond acceptors (Lipinski definition) is 2. The summed E-state index contributed by atoms with van der Waals surface area (Å²) in [5.41, 5.74) is 11.2. The van der Waals surface area contributed by atoms with Crippen LogP contribution in [0.25, 0.3) is 0 Å². The van der Waals surface area contributed by atoms with Crippen LogP contribution in [-0.2, 0) is 0 Å². The van der Waals surface area contributed by atoms with Gasteiger partial charge in [-0.15, -0.1) is 0 Å². The maximum Gasteiger partial charge on any atom is 0.216 e. The van der Waals surface area contributed by atoms with E-state index >= 15 is 0 Å². The molecule has 0 fully saturated rings. The molecule has 0 aromatic heterocycles. The number of halogens is 2. The third kappa shape index (κ3) is 6.86. The molecule has 0 amide bonds. The van der Waals surface area contributed by atoms with Gasteiger partial charge in [0.2, 0.25) is 5.96 Å². The first-order chi connectivity index (χ1) is 7.01. The minimum absolute atomic E-state index is 0.0237. The Morgan fingerprint density at radius 1 is 1.47 bits per heavy atom. The van der Waals surface area contributed by atoms with Crippen molar-refractivity contribution in [3.05, 3.63) is 0 Å². The van der Waals surface area contributed by atoms with Crippen LogP contribution in [0.15, 0.2) is 9.98 Å². The summed E-state index contributed by atoms with van der Waals surface area (Å²) in [6.45, 7) is 2.72. The molecule has 0 heterocycles. The molecule has 0 aliphatic carbocycles. The number of nitrogens with zero attached hydrogens (tertiary/aromatic N) is 2. The molecule has 5 N–H and O–H groups in total. The molecule has 0 aromatic rings. The number of nitrogens with two attached hydrogens (primary N) is 2. The van der Waals surface area contributed by atoms with Gasteiger partial charge in [-0.1, -0.05) is 31.9 Å². The van der Waals surface area contributed by atoms with E-state index in [1.165, 1.54) is 0 Å².